The third kappa shape index (κ3) is 1.35. The van der Waals surface area contributed by atoms with Gasteiger partial charge < -0.3 is 0 Å². The molecule has 5 aliphatic rings. The number of nitrogens with zero attached hydrogens (tertiary/aromatic N) is 1. The van der Waals surface area contributed by atoms with Gasteiger partial charge >= 0.3 is 0 Å². The summed E-state index contributed by atoms with van der Waals surface area (Å²) >= 11 is 0. The fourth-order valence-corrected chi connectivity index (χ4v) is 6.45. The van der Waals surface area contributed by atoms with Gasteiger partial charge in [0.05, 0.1) is 0 Å². The highest BCUT2D eigenvalue weighted by atomic mass is 15.2. The van der Waals surface area contributed by atoms with E-state index in [2.05, 4.69) is 11.8 Å². The van der Waals surface area contributed by atoms with Crippen LogP contribution in [0.5, 0.6) is 0 Å². The SMILES string of the molecule is CCN1CCCCC12C1CC3CC(C1)CC2C3. The van der Waals surface area contributed by atoms with Gasteiger partial charge in [-0.25, -0.2) is 0 Å². The van der Waals surface area contributed by atoms with Crippen molar-refractivity contribution in [3.8, 4) is 0 Å². The zero-order valence-corrected chi connectivity index (χ0v) is 11.3. The molecule has 5 rings (SSSR count). The van der Waals surface area contributed by atoms with Gasteiger partial charge in [0.1, 0.15) is 0 Å². The van der Waals surface area contributed by atoms with E-state index in [4.69, 9.17) is 0 Å². The van der Waals surface area contributed by atoms with Crippen LogP contribution in [0.2, 0.25) is 0 Å². The smallest absolute Gasteiger partial charge is 0.0266 e. The Morgan fingerprint density at radius 2 is 1.59 bits per heavy atom. The molecule has 0 unspecified atom stereocenters. The second kappa shape index (κ2) is 3.73. The van der Waals surface area contributed by atoms with Crippen LogP contribution >= 0.6 is 0 Å². The molecule has 4 aliphatic carbocycles. The fraction of sp³-hybridized carbons (Fsp3) is 1.00. The van der Waals surface area contributed by atoms with Gasteiger partial charge in [-0.2, -0.15) is 0 Å². The van der Waals surface area contributed by atoms with Crippen LogP contribution in [-0.4, -0.2) is 23.5 Å². The van der Waals surface area contributed by atoms with Crippen LogP contribution < -0.4 is 0 Å². The predicted octanol–water partition coefficient (Wildman–Crippen LogP) is 3.69. The Hall–Kier alpha value is -0.0400. The molecule has 0 aromatic heterocycles. The number of piperidine rings is 1. The summed E-state index contributed by atoms with van der Waals surface area (Å²) in [6, 6.07) is 0. The molecule has 17 heavy (non-hydrogen) atoms. The van der Waals surface area contributed by atoms with Crippen molar-refractivity contribution in [2.24, 2.45) is 23.7 Å². The maximum absolute atomic E-state index is 2.92. The topological polar surface area (TPSA) is 3.24 Å². The van der Waals surface area contributed by atoms with Crippen molar-refractivity contribution in [1.29, 1.82) is 0 Å². The maximum Gasteiger partial charge on any atom is 0.0266 e. The Kier molecular flexibility index (Phi) is 2.38. The van der Waals surface area contributed by atoms with Crippen LogP contribution in [0.25, 0.3) is 0 Å². The fourth-order valence-electron chi connectivity index (χ4n) is 6.45. The van der Waals surface area contributed by atoms with Gasteiger partial charge in [-0.15, -0.1) is 0 Å². The van der Waals surface area contributed by atoms with Crippen molar-refractivity contribution in [3.63, 3.8) is 0 Å². The summed E-state index contributed by atoms with van der Waals surface area (Å²) in [7, 11) is 0. The van der Waals surface area contributed by atoms with E-state index in [-0.39, 0.29) is 0 Å². The molecule has 5 fully saturated rings. The lowest BCUT2D eigenvalue weighted by atomic mass is 9.46. The normalized spacial score (nSPS) is 53.5. The number of rotatable bonds is 1. The quantitative estimate of drug-likeness (QED) is 0.667. The highest BCUT2D eigenvalue weighted by Crippen LogP contribution is 2.62. The van der Waals surface area contributed by atoms with E-state index in [0.717, 1.165) is 23.7 Å². The number of likely N-dealkylation sites (tertiary alicyclic amines) is 1. The molecule has 0 N–H and O–H groups in total. The first-order valence-electron chi connectivity index (χ1n) is 8.08. The van der Waals surface area contributed by atoms with Crippen molar-refractivity contribution in [2.45, 2.75) is 63.8 Å². The van der Waals surface area contributed by atoms with Gasteiger partial charge in [0.25, 0.3) is 0 Å². The van der Waals surface area contributed by atoms with Gasteiger partial charge in [-0.05, 0) is 81.7 Å². The summed E-state index contributed by atoms with van der Waals surface area (Å²) in [5.74, 6) is 4.42. The Balaban J connectivity index is 1.71. The third-order valence-corrected chi connectivity index (χ3v) is 6.78. The van der Waals surface area contributed by atoms with Gasteiger partial charge in [-0.1, -0.05) is 13.3 Å². The molecule has 0 amide bonds. The molecule has 0 radical (unpaired) electrons. The van der Waals surface area contributed by atoms with E-state index in [0.29, 0.717) is 5.54 Å². The van der Waals surface area contributed by atoms with Crippen molar-refractivity contribution in [3.05, 3.63) is 0 Å². The number of hydrogen-bond acceptors (Lipinski definition) is 1. The molecule has 96 valence electrons. The molecule has 4 bridgehead atoms. The van der Waals surface area contributed by atoms with Crippen LogP contribution in [0, 0.1) is 23.7 Å². The molecule has 1 saturated heterocycles. The van der Waals surface area contributed by atoms with Gasteiger partial charge in [0, 0.05) is 5.54 Å². The van der Waals surface area contributed by atoms with Crippen LogP contribution in [0.1, 0.15) is 58.3 Å². The second-order valence-electron chi connectivity index (χ2n) is 7.33. The van der Waals surface area contributed by atoms with Crippen LogP contribution in [0.4, 0.5) is 0 Å². The van der Waals surface area contributed by atoms with E-state index < -0.39 is 0 Å². The van der Waals surface area contributed by atoms with Crippen LogP contribution in [-0.2, 0) is 0 Å². The first-order chi connectivity index (χ1) is 8.33. The van der Waals surface area contributed by atoms with E-state index in [1.807, 2.05) is 0 Å². The van der Waals surface area contributed by atoms with Crippen LogP contribution in [0.3, 0.4) is 0 Å². The molecule has 4 saturated carbocycles. The van der Waals surface area contributed by atoms with Gasteiger partial charge in [0.15, 0.2) is 0 Å². The summed E-state index contributed by atoms with van der Waals surface area (Å²) in [5.41, 5.74) is 0.681. The van der Waals surface area contributed by atoms with E-state index in [1.54, 1.807) is 32.1 Å². The molecule has 0 aromatic rings. The minimum absolute atomic E-state index is 0.681. The Morgan fingerprint density at radius 3 is 2.18 bits per heavy atom. The highest BCUT2D eigenvalue weighted by Gasteiger charge is 2.59. The Morgan fingerprint density at radius 1 is 0.941 bits per heavy atom. The molecular formula is C16H27N. The molecule has 0 aromatic carbocycles. The molecule has 1 heterocycles. The monoisotopic (exact) mass is 233 g/mol. The zero-order chi connectivity index (χ0) is 11.5. The Bertz CT molecular complexity index is 281. The highest BCUT2D eigenvalue weighted by molar-refractivity contribution is 5.12. The predicted molar refractivity (Wildman–Crippen MR) is 70.9 cm³/mol. The van der Waals surface area contributed by atoms with Gasteiger partial charge in [-0.3, -0.25) is 4.90 Å². The maximum atomic E-state index is 2.92. The van der Waals surface area contributed by atoms with E-state index in [9.17, 15) is 0 Å². The lowest BCUT2D eigenvalue weighted by Crippen LogP contribution is -2.67. The summed E-state index contributed by atoms with van der Waals surface area (Å²) < 4.78 is 0. The molecular weight excluding hydrogens is 206 g/mol. The molecule has 1 heteroatoms. The molecule has 1 aliphatic heterocycles. The first kappa shape index (κ1) is 10.8. The van der Waals surface area contributed by atoms with Crippen molar-refractivity contribution in [2.75, 3.05) is 13.1 Å². The molecule has 1 spiro atoms. The van der Waals surface area contributed by atoms with Gasteiger partial charge in [0.2, 0.25) is 0 Å². The second-order valence-corrected chi connectivity index (χ2v) is 7.33. The van der Waals surface area contributed by atoms with Crippen molar-refractivity contribution in [1.82, 2.24) is 4.90 Å². The largest absolute Gasteiger partial charge is 0.297 e. The summed E-state index contributed by atoms with van der Waals surface area (Å²) in [4.78, 5) is 2.92. The minimum atomic E-state index is 0.681. The van der Waals surface area contributed by atoms with Crippen LogP contribution in [0.15, 0.2) is 0 Å². The summed E-state index contributed by atoms with van der Waals surface area (Å²) in [6.07, 6.45) is 12.4. The first-order valence-corrected chi connectivity index (χ1v) is 8.08. The van der Waals surface area contributed by atoms with Crippen molar-refractivity contribution >= 4 is 0 Å². The lowest BCUT2D eigenvalue weighted by Gasteiger charge is -2.66. The molecule has 0 atom stereocenters. The lowest BCUT2D eigenvalue weighted by molar-refractivity contribution is -0.150. The Labute approximate surface area is 106 Å². The van der Waals surface area contributed by atoms with E-state index in [1.165, 1.54) is 32.4 Å². The van der Waals surface area contributed by atoms with Crippen molar-refractivity contribution < 1.29 is 0 Å². The summed E-state index contributed by atoms with van der Waals surface area (Å²) in [6.45, 7) is 5.11. The summed E-state index contributed by atoms with van der Waals surface area (Å²) in [5, 5.41) is 0. The number of hydrogen-bond donors (Lipinski definition) is 0. The average Bonchev–Trinajstić information content (AvgIpc) is 2.35. The van der Waals surface area contributed by atoms with E-state index >= 15 is 0 Å². The standard InChI is InChI=1S/C16H27N/c1-2-17-6-4-3-5-16(17)14-8-12-7-13(10-14)11-15(16)9-12/h12-15H,2-11H2,1H3. The zero-order valence-electron chi connectivity index (χ0n) is 11.3. The molecule has 1 nitrogen and oxygen atoms in total. The average molecular weight is 233 g/mol. The third-order valence-electron chi connectivity index (χ3n) is 6.78. The minimum Gasteiger partial charge on any atom is -0.297 e.